The van der Waals surface area contributed by atoms with Gasteiger partial charge in [-0.3, -0.25) is 0 Å². The molecule has 1 aliphatic rings. The Labute approximate surface area is 74.4 Å². The molecule has 0 aliphatic carbocycles. The van der Waals surface area contributed by atoms with Gasteiger partial charge in [-0.05, 0) is 32.5 Å². The monoisotopic (exact) mass is 167 g/mol. The molecule has 1 unspecified atom stereocenters. The molecule has 1 aliphatic heterocycles. The molecular formula is C9H17N3. The van der Waals surface area contributed by atoms with Gasteiger partial charge < -0.3 is 10.2 Å². The summed E-state index contributed by atoms with van der Waals surface area (Å²) >= 11 is 0. The second-order valence-corrected chi connectivity index (χ2v) is 3.42. The molecule has 0 spiro atoms. The molecule has 0 bridgehead atoms. The second kappa shape index (κ2) is 5.13. The molecule has 0 saturated carbocycles. The number of nitriles is 1. The largest absolute Gasteiger partial charge is 0.319 e. The Kier molecular flexibility index (Phi) is 4.06. The number of nitrogens with one attached hydrogen (secondary N) is 1. The van der Waals surface area contributed by atoms with Crippen LogP contribution in [0.15, 0.2) is 0 Å². The molecule has 3 nitrogen and oxygen atoms in total. The van der Waals surface area contributed by atoms with E-state index in [4.69, 9.17) is 5.26 Å². The first-order valence-electron chi connectivity index (χ1n) is 4.60. The average Bonchev–Trinajstić information content (AvgIpc) is 2.50. The predicted molar refractivity (Wildman–Crippen MR) is 48.7 cm³/mol. The third kappa shape index (κ3) is 2.80. The minimum atomic E-state index is 0.673. The minimum absolute atomic E-state index is 0.673. The van der Waals surface area contributed by atoms with Crippen molar-refractivity contribution in [3.63, 3.8) is 0 Å². The lowest BCUT2D eigenvalue weighted by Gasteiger charge is -2.13. The Morgan fingerprint density at radius 3 is 3.17 bits per heavy atom. The molecule has 0 amide bonds. The third-order valence-corrected chi connectivity index (χ3v) is 2.40. The van der Waals surface area contributed by atoms with Crippen LogP contribution < -0.4 is 5.32 Å². The van der Waals surface area contributed by atoms with Gasteiger partial charge in [-0.25, -0.2) is 0 Å². The summed E-state index contributed by atoms with van der Waals surface area (Å²) in [5.74, 6) is 0.800. The van der Waals surface area contributed by atoms with Crippen molar-refractivity contribution in [1.82, 2.24) is 10.2 Å². The normalized spacial score (nSPS) is 24.2. The first-order valence-corrected chi connectivity index (χ1v) is 4.60. The van der Waals surface area contributed by atoms with Crippen LogP contribution in [0.1, 0.15) is 12.8 Å². The molecule has 1 N–H and O–H groups in total. The van der Waals surface area contributed by atoms with Crippen LogP contribution in [0.25, 0.3) is 0 Å². The van der Waals surface area contributed by atoms with Gasteiger partial charge >= 0.3 is 0 Å². The molecule has 3 heteroatoms. The number of rotatable bonds is 4. The van der Waals surface area contributed by atoms with Gasteiger partial charge in [-0.15, -0.1) is 0 Å². The highest BCUT2D eigenvalue weighted by Crippen LogP contribution is 2.14. The molecule has 12 heavy (non-hydrogen) atoms. The molecule has 0 aromatic carbocycles. The van der Waals surface area contributed by atoms with E-state index < -0.39 is 0 Å². The zero-order chi connectivity index (χ0) is 8.81. The van der Waals surface area contributed by atoms with Gasteiger partial charge in [0.05, 0.1) is 6.07 Å². The van der Waals surface area contributed by atoms with E-state index in [0.29, 0.717) is 6.42 Å². The van der Waals surface area contributed by atoms with Crippen molar-refractivity contribution in [2.24, 2.45) is 5.92 Å². The van der Waals surface area contributed by atoms with E-state index in [2.05, 4.69) is 16.3 Å². The summed E-state index contributed by atoms with van der Waals surface area (Å²) < 4.78 is 0. The summed E-state index contributed by atoms with van der Waals surface area (Å²) in [6.45, 7) is 4.41. The summed E-state index contributed by atoms with van der Waals surface area (Å²) in [6.07, 6.45) is 1.96. The molecule has 1 atom stereocenters. The predicted octanol–water partition coefficient (Wildman–Crippen LogP) is 0.441. The van der Waals surface area contributed by atoms with Crippen molar-refractivity contribution in [3.05, 3.63) is 0 Å². The maximum atomic E-state index is 8.41. The zero-order valence-corrected chi connectivity index (χ0v) is 7.71. The Hall–Kier alpha value is -0.590. The lowest BCUT2D eigenvalue weighted by atomic mass is 10.1. The van der Waals surface area contributed by atoms with Crippen molar-refractivity contribution in [2.45, 2.75) is 12.8 Å². The Bertz CT molecular complexity index is 162. The fourth-order valence-electron chi connectivity index (χ4n) is 1.78. The summed E-state index contributed by atoms with van der Waals surface area (Å²) in [5.41, 5.74) is 0. The molecular weight excluding hydrogens is 150 g/mol. The quantitative estimate of drug-likeness (QED) is 0.660. The molecule has 0 aromatic heterocycles. The molecule has 1 rings (SSSR count). The van der Waals surface area contributed by atoms with Crippen LogP contribution in [-0.4, -0.2) is 38.1 Å². The fraction of sp³-hybridized carbons (Fsp3) is 0.889. The zero-order valence-electron chi connectivity index (χ0n) is 7.71. The highest BCUT2D eigenvalue weighted by molar-refractivity contribution is 4.79. The first-order chi connectivity index (χ1) is 5.86. The third-order valence-electron chi connectivity index (χ3n) is 2.40. The van der Waals surface area contributed by atoms with E-state index in [1.165, 1.54) is 19.5 Å². The van der Waals surface area contributed by atoms with E-state index in [1.54, 1.807) is 0 Å². The van der Waals surface area contributed by atoms with Crippen LogP contribution in [-0.2, 0) is 0 Å². The minimum Gasteiger partial charge on any atom is -0.319 e. The Morgan fingerprint density at radius 2 is 2.50 bits per heavy atom. The molecule has 1 heterocycles. The van der Waals surface area contributed by atoms with Gasteiger partial charge in [0.1, 0.15) is 0 Å². The lowest BCUT2D eigenvalue weighted by Crippen LogP contribution is -2.25. The van der Waals surface area contributed by atoms with Crippen molar-refractivity contribution in [1.29, 1.82) is 5.26 Å². The number of hydrogen-bond acceptors (Lipinski definition) is 3. The van der Waals surface area contributed by atoms with Crippen molar-refractivity contribution in [2.75, 3.05) is 33.2 Å². The van der Waals surface area contributed by atoms with Gasteiger partial charge in [0.2, 0.25) is 0 Å². The summed E-state index contributed by atoms with van der Waals surface area (Å²) in [7, 11) is 2.00. The maximum Gasteiger partial charge on any atom is 0.0635 e. The summed E-state index contributed by atoms with van der Waals surface area (Å²) in [6, 6.07) is 2.18. The SMILES string of the molecule is CNCC1CCN(CCC#N)C1. The van der Waals surface area contributed by atoms with Gasteiger partial charge in [-0.1, -0.05) is 0 Å². The van der Waals surface area contributed by atoms with E-state index in [-0.39, 0.29) is 0 Å². The first kappa shape index (κ1) is 9.50. The smallest absolute Gasteiger partial charge is 0.0635 e. The number of hydrogen-bond donors (Lipinski definition) is 1. The van der Waals surface area contributed by atoms with Crippen molar-refractivity contribution < 1.29 is 0 Å². The van der Waals surface area contributed by atoms with Gasteiger partial charge in [0, 0.05) is 19.5 Å². The molecule has 1 fully saturated rings. The number of nitrogens with zero attached hydrogens (tertiary/aromatic N) is 2. The van der Waals surface area contributed by atoms with Crippen LogP contribution in [0.3, 0.4) is 0 Å². The van der Waals surface area contributed by atoms with E-state index in [1.807, 2.05) is 7.05 Å². The standard InChI is InChI=1S/C9H17N3/c1-11-7-9-3-6-12(8-9)5-2-4-10/h9,11H,2-3,5-8H2,1H3. The maximum absolute atomic E-state index is 8.41. The van der Waals surface area contributed by atoms with E-state index >= 15 is 0 Å². The van der Waals surface area contributed by atoms with Gasteiger partial charge in [-0.2, -0.15) is 5.26 Å². The fourth-order valence-corrected chi connectivity index (χ4v) is 1.78. The average molecular weight is 167 g/mol. The van der Waals surface area contributed by atoms with Crippen LogP contribution >= 0.6 is 0 Å². The van der Waals surface area contributed by atoms with E-state index in [0.717, 1.165) is 19.0 Å². The van der Waals surface area contributed by atoms with Gasteiger partial charge in [0.25, 0.3) is 0 Å². The van der Waals surface area contributed by atoms with Gasteiger partial charge in [0.15, 0.2) is 0 Å². The van der Waals surface area contributed by atoms with Crippen molar-refractivity contribution in [3.8, 4) is 6.07 Å². The summed E-state index contributed by atoms with van der Waals surface area (Å²) in [4.78, 5) is 2.38. The summed E-state index contributed by atoms with van der Waals surface area (Å²) in [5, 5.41) is 11.6. The van der Waals surface area contributed by atoms with Crippen LogP contribution in [0.4, 0.5) is 0 Å². The number of likely N-dealkylation sites (tertiary alicyclic amines) is 1. The highest BCUT2D eigenvalue weighted by atomic mass is 15.1. The lowest BCUT2D eigenvalue weighted by molar-refractivity contribution is 0.330. The second-order valence-electron chi connectivity index (χ2n) is 3.42. The van der Waals surface area contributed by atoms with E-state index in [9.17, 15) is 0 Å². The van der Waals surface area contributed by atoms with Crippen LogP contribution in [0.2, 0.25) is 0 Å². The van der Waals surface area contributed by atoms with Crippen molar-refractivity contribution >= 4 is 0 Å². The molecule has 0 aromatic rings. The molecule has 0 radical (unpaired) electrons. The Morgan fingerprint density at radius 1 is 1.67 bits per heavy atom. The molecule has 68 valence electrons. The topological polar surface area (TPSA) is 39.1 Å². The van der Waals surface area contributed by atoms with Crippen LogP contribution in [0, 0.1) is 17.2 Å². The molecule has 1 saturated heterocycles. The van der Waals surface area contributed by atoms with Crippen LogP contribution in [0.5, 0.6) is 0 Å². The highest BCUT2D eigenvalue weighted by Gasteiger charge is 2.20. The Balaban J connectivity index is 2.13.